The average Bonchev–Trinajstić information content (AvgIpc) is 3.15. The standard InChI is InChI=1S/C18H31N5O2/c1-2-17-5-3-4-8-22(17)9-7-19-18(24)23-12-10-21(11-13-23)15-16-6-14-25-20-16/h6,14,17H,2-5,7-13,15H2,1H3,(H,19,24). The molecule has 2 aliphatic rings. The van der Waals surface area contributed by atoms with Crippen LogP contribution in [0.2, 0.25) is 0 Å². The summed E-state index contributed by atoms with van der Waals surface area (Å²) >= 11 is 0. The summed E-state index contributed by atoms with van der Waals surface area (Å²) in [6.45, 7) is 9.24. The minimum absolute atomic E-state index is 0.0751. The van der Waals surface area contributed by atoms with E-state index in [1.807, 2.05) is 11.0 Å². The monoisotopic (exact) mass is 349 g/mol. The average molecular weight is 349 g/mol. The van der Waals surface area contributed by atoms with Gasteiger partial charge in [0.05, 0.1) is 5.69 Å². The number of rotatable bonds is 6. The third-order valence-corrected chi connectivity index (χ3v) is 5.43. The van der Waals surface area contributed by atoms with Crippen LogP contribution < -0.4 is 5.32 Å². The van der Waals surface area contributed by atoms with Crippen molar-refractivity contribution in [3.05, 3.63) is 18.0 Å². The van der Waals surface area contributed by atoms with Gasteiger partial charge in [-0.1, -0.05) is 18.5 Å². The highest BCUT2D eigenvalue weighted by atomic mass is 16.5. The highest BCUT2D eigenvalue weighted by molar-refractivity contribution is 5.74. The number of amides is 2. The number of hydrogen-bond donors (Lipinski definition) is 1. The first-order valence-corrected chi connectivity index (χ1v) is 9.64. The van der Waals surface area contributed by atoms with Crippen molar-refractivity contribution in [1.29, 1.82) is 0 Å². The van der Waals surface area contributed by atoms with Crippen molar-refractivity contribution >= 4 is 6.03 Å². The van der Waals surface area contributed by atoms with E-state index >= 15 is 0 Å². The summed E-state index contributed by atoms with van der Waals surface area (Å²) in [4.78, 5) is 19.1. The summed E-state index contributed by atoms with van der Waals surface area (Å²) in [5, 5.41) is 7.05. The van der Waals surface area contributed by atoms with Crippen LogP contribution in [-0.4, -0.2) is 77.7 Å². The van der Waals surface area contributed by atoms with Gasteiger partial charge in [0.1, 0.15) is 6.26 Å². The van der Waals surface area contributed by atoms with E-state index in [1.54, 1.807) is 6.26 Å². The molecule has 0 spiro atoms. The van der Waals surface area contributed by atoms with Gasteiger partial charge in [-0.3, -0.25) is 9.80 Å². The minimum Gasteiger partial charge on any atom is -0.364 e. The fourth-order valence-electron chi connectivity index (χ4n) is 3.89. The first-order chi connectivity index (χ1) is 12.3. The molecule has 7 nitrogen and oxygen atoms in total. The number of piperazine rings is 1. The molecular formula is C18H31N5O2. The lowest BCUT2D eigenvalue weighted by Crippen LogP contribution is -2.52. The largest absolute Gasteiger partial charge is 0.364 e. The third-order valence-electron chi connectivity index (χ3n) is 5.43. The maximum Gasteiger partial charge on any atom is 0.317 e. The van der Waals surface area contributed by atoms with E-state index in [0.29, 0.717) is 6.04 Å². The molecule has 3 rings (SSSR count). The molecule has 1 N–H and O–H groups in total. The van der Waals surface area contributed by atoms with Crippen LogP contribution in [0.4, 0.5) is 4.79 Å². The van der Waals surface area contributed by atoms with Crippen molar-refractivity contribution in [2.45, 2.75) is 45.2 Å². The quantitative estimate of drug-likeness (QED) is 0.848. The number of carbonyl (C=O) groups is 1. The van der Waals surface area contributed by atoms with Crippen molar-refractivity contribution in [3.8, 4) is 0 Å². The molecule has 140 valence electrons. The summed E-state index contributed by atoms with van der Waals surface area (Å²) in [5.74, 6) is 0. The Morgan fingerprint density at radius 2 is 2.12 bits per heavy atom. The smallest absolute Gasteiger partial charge is 0.317 e. The molecule has 0 aromatic carbocycles. The third kappa shape index (κ3) is 5.19. The molecule has 1 aromatic rings. The molecule has 0 aliphatic carbocycles. The van der Waals surface area contributed by atoms with Gasteiger partial charge < -0.3 is 14.7 Å². The number of carbonyl (C=O) groups excluding carboxylic acids is 1. The summed E-state index contributed by atoms with van der Waals surface area (Å²) in [6.07, 6.45) is 6.75. The molecule has 3 heterocycles. The Kier molecular flexibility index (Phi) is 6.69. The van der Waals surface area contributed by atoms with Crippen LogP contribution in [0.3, 0.4) is 0 Å². The molecular weight excluding hydrogens is 318 g/mol. The van der Waals surface area contributed by atoms with Gasteiger partial charge in [0, 0.05) is 57.9 Å². The van der Waals surface area contributed by atoms with Crippen molar-refractivity contribution in [3.63, 3.8) is 0 Å². The normalized spacial score (nSPS) is 22.9. The second-order valence-electron chi connectivity index (χ2n) is 7.08. The fourth-order valence-corrected chi connectivity index (χ4v) is 3.89. The van der Waals surface area contributed by atoms with Crippen LogP contribution in [0.15, 0.2) is 16.9 Å². The molecule has 0 saturated carbocycles. The minimum atomic E-state index is 0.0751. The van der Waals surface area contributed by atoms with Crippen LogP contribution in [0.5, 0.6) is 0 Å². The molecule has 1 aromatic heterocycles. The number of likely N-dealkylation sites (tertiary alicyclic amines) is 1. The number of piperidine rings is 1. The van der Waals surface area contributed by atoms with Crippen molar-refractivity contribution in [2.24, 2.45) is 0 Å². The first-order valence-electron chi connectivity index (χ1n) is 9.64. The summed E-state index contributed by atoms with van der Waals surface area (Å²) < 4.78 is 4.87. The SMILES string of the molecule is CCC1CCCCN1CCNC(=O)N1CCN(Cc2ccon2)CC1. The molecule has 0 radical (unpaired) electrons. The Bertz CT molecular complexity index is 514. The van der Waals surface area contributed by atoms with Crippen LogP contribution in [0, 0.1) is 0 Å². The van der Waals surface area contributed by atoms with E-state index in [1.165, 1.54) is 32.2 Å². The molecule has 1 atom stereocenters. The summed E-state index contributed by atoms with van der Waals surface area (Å²) in [5.41, 5.74) is 0.949. The lowest BCUT2D eigenvalue weighted by molar-refractivity contribution is 0.127. The fraction of sp³-hybridized carbons (Fsp3) is 0.778. The van der Waals surface area contributed by atoms with Crippen molar-refractivity contribution < 1.29 is 9.32 Å². The van der Waals surface area contributed by atoms with Gasteiger partial charge in [-0.15, -0.1) is 0 Å². The second kappa shape index (κ2) is 9.20. The van der Waals surface area contributed by atoms with Gasteiger partial charge in [-0.2, -0.15) is 0 Å². The Morgan fingerprint density at radius 3 is 2.84 bits per heavy atom. The topological polar surface area (TPSA) is 64.9 Å². The molecule has 2 aliphatic heterocycles. The van der Waals surface area contributed by atoms with E-state index in [2.05, 4.69) is 27.2 Å². The Morgan fingerprint density at radius 1 is 1.28 bits per heavy atom. The predicted molar refractivity (Wildman–Crippen MR) is 96.3 cm³/mol. The van der Waals surface area contributed by atoms with E-state index in [-0.39, 0.29) is 6.03 Å². The van der Waals surface area contributed by atoms with Gasteiger partial charge in [0.2, 0.25) is 0 Å². The number of hydrogen-bond acceptors (Lipinski definition) is 5. The van der Waals surface area contributed by atoms with Crippen LogP contribution in [0.25, 0.3) is 0 Å². The molecule has 2 fully saturated rings. The molecule has 7 heteroatoms. The lowest BCUT2D eigenvalue weighted by Gasteiger charge is -2.36. The molecule has 0 bridgehead atoms. The summed E-state index contributed by atoms with van der Waals surface area (Å²) in [7, 11) is 0. The maximum atomic E-state index is 12.4. The zero-order valence-corrected chi connectivity index (χ0v) is 15.3. The lowest BCUT2D eigenvalue weighted by atomic mass is 10.0. The molecule has 25 heavy (non-hydrogen) atoms. The van der Waals surface area contributed by atoms with Gasteiger partial charge in [-0.25, -0.2) is 4.79 Å². The zero-order chi connectivity index (χ0) is 17.5. The highest BCUT2D eigenvalue weighted by Crippen LogP contribution is 2.18. The Hall–Kier alpha value is -1.60. The van der Waals surface area contributed by atoms with Crippen molar-refractivity contribution in [1.82, 2.24) is 25.2 Å². The Balaban J connectivity index is 1.33. The number of nitrogens with one attached hydrogen (secondary N) is 1. The maximum absolute atomic E-state index is 12.4. The number of aromatic nitrogens is 1. The van der Waals surface area contributed by atoms with Gasteiger partial charge >= 0.3 is 6.03 Å². The van der Waals surface area contributed by atoms with Crippen LogP contribution in [0.1, 0.15) is 38.3 Å². The number of urea groups is 1. The van der Waals surface area contributed by atoms with E-state index in [4.69, 9.17) is 4.52 Å². The highest BCUT2D eigenvalue weighted by Gasteiger charge is 2.23. The van der Waals surface area contributed by atoms with Crippen LogP contribution >= 0.6 is 0 Å². The van der Waals surface area contributed by atoms with E-state index < -0.39 is 0 Å². The zero-order valence-electron chi connectivity index (χ0n) is 15.3. The Labute approximate surface area is 150 Å². The molecule has 1 unspecified atom stereocenters. The molecule has 2 saturated heterocycles. The van der Waals surface area contributed by atoms with E-state index in [9.17, 15) is 4.79 Å². The predicted octanol–water partition coefficient (Wildman–Crippen LogP) is 1.77. The number of nitrogens with zero attached hydrogens (tertiary/aromatic N) is 4. The van der Waals surface area contributed by atoms with E-state index in [0.717, 1.165) is 51.5 Å². The molecule has 2 amide bonds. The van der Waals surface area contributed by atoms with Gasteiger partial charge in [0.25, 0.3) is 0 Å². The second-order valence-corrected chi connectivity index (χ2v) is 7.08. The van der Waals surface area contributed by atoms with Gasteiger partial charge in [-0.05, 0) is 25.8 Å². The van der Waals surface area contributed by atoms with Crippen molar-refractivity contribution in [2.75, 3.05) is 45.8 Å². The first kappa shape index (κ1) is 18.2. The van der Waals surface area contributed by atoms with Gasteiger partial charge in [0.15, 0.2) is 0 Å². The summed E-state index contributed by atoms with van der Waals surface area (Å²) in [6, 6.07) is 2.67. The van der Waals surface area contributed by atoms with Crippen LogP contribution in [-0.2, 0) is 6.54 Å².